The minimum Gasteiger partial charge on any atom is -0.448 e. The van der Waals surface area contributed by atoms with Crippen molar-refractivity contribution in [1.29, 1.82) is 0 Å². The van der Waals surface area contributed by atoms with Gasteiger partial charge in [-0.3, -0.25) is 9.78 Å². The number of pyridine rings is 1. The van der Waals surface area contributed by atoms with Crippen molar-refractivity contribution in [2.75, 3.05) is 13.1 Å². The Hall–Kier alpha value is -2.21. The molecule has 1 fully saturated rings. The summed E-state index contributed by atoms with van der Waals surface area (Å²) in [6.45, 7) is 4.20. The van der Waals surface area contributed by atoms with Crippen LogP contribution in [0.2, 0.25) is 0 Å². The monoisotopic (exact) mass is 314 g/mol. The van der Waals surface area contributed by atoms with Crippen LogP contribution in [0.25, 0.3) is 0 Å². The molecule has 3 rings (SSSR count). The fourth-order valence-corrected chi connectivity index (χ4v) is 2.99. The molecule has 1 atom stereocenters. The third kappa shape index (κ3) is 3.76. The third-order valence-electron chi connectivity index (χ3n) is 4.25. The molecule has 6 heteroatoms. The number of carbonyl (C=O) groups is 1. The van der Waals surface area contributed by atoms with E-state index >= 15 is 0 Å². The lowest BCUT2D eigenvalue weighted by Gasteiger charge is -2.30. The number of nitrogens with zero attached hydrogens (tertiary/aromatic N) is 3. The van der Waals surface area contributed by atoms with Crippen LogP contribution in [-0.4, -0.2) is 39.9 Å². The van der Waals surface area contributed by atoms with Gasteiger partial charge in [0.05, 0.1) is 12.2 Å². The molecule has 0 unspecified atom stereocenters. The Morgan fingerprint density at radius 1 is 1.35 bits per heavy atom. The number of aromatic nitrogens is 2. The Bertz CT molecular complexity index is 633. The van der Waals surface area contributed by atoms with Gasteiger partial charge in [-0.25, -0.2) is 4.98 Å². The first-order valence-corrected chi connectivity index (χ1v) is 8.07. The van der Waals surface area contributed by atoms with Crippen LogP contribution in [0, 0.1) is 6.92 Å². The van der Waals surface area contributed by atoms with Gasteiger partial charge in [-0.1, -0.05) is 6.07 Å². The van der Waals surface area contributed by atoms with Crippen molar-refractivity contribution in [3.8, 4) is 0 Å². The molecular weight excluding hydrogens is 292 g/mol. The second kappa shape index (κ2) is 7.37. The van der Waals surface area contributed by atoms with Crippen molar-refractivity contribution in [2.45, 2.75) is 38.8 Å². The number of rotatable bonds is 4. The minimum atomic E-state index is -0.0752. The third-order valence-corrected chi connectivity index (χ3v) is 4.25. The Labute approximate surface area is 135 Å². The maximum atomic E-state index is 13.0. The van der Waals surface area contributed by atoms with Crippen LogP contribution in [0.15, 0.2) is 35.2 Å². The van der Waals surface area contributed by atoms with Gasteiger partial charge in [-0.15, -0.1) is 0 Å². The van der Waals surface area contributed by atoms with Crippen molar-refractivity contribution >= 4 is 5.91 Å². The quantitative estimate of drug-likeness (QED) is 0.936. The number of carbonyl (C=O) groups excluding carboxylic acids is 1. The molecule has 0 radical (unpaired) electrons. The number of aryl methyl sites for hydroxylation is 1. The SMILES string of the molecule is Cc1ocnc1C(=O)N(Cc1ccccn1)[C@H]1CCCNCC1. The number of nitrogens with one attached hydrogen (secondary N) is 1. The van der Waals surface area contributed by atoms with Crippen LogP contribution in [0.1, 0.15) is 41.2 Å². The van der Waals surface area contributed by atoms with Crippen LogP contribution in [-0.2, 0) is 6.54 Å². The molecule has 0 spiro atoms. The Morgan fingerprint density at radius 2 is 2.26 bits per heavy atom. The number of amides is 1. The maximum Gasteiger partial charge on any atom is 0.276 e. The van der Waals surface area contributed by atoms with Gasteiger partial charge in [0.2, 0.25) is 0 Å². The number of hydrogen-bond acceptors (Lipinski definition) is 5. The molecule has 0 saturated carbocycles. The lowest BCUT2D eigenvalue weighted by atomic mass is 10.1. The lowest BCUT2D eigenvalue weighted by Crippen LogP contribution is -2.41. The van der Waals surface area contributed by atoms with E-state index in [0.29, 0.717) is 18.0 Å². The fraction of sp³-hybridized carbons (Fsp3) is 0.471. The molecule has 6 nitrogen and oxygen atoms in total. The maximum absolute atomic E-state index is 13.0. The van der Waals surface area contributed by atoms with E-state index < -0.39 is 0 Å². The lowest BCUT2D eigenvalue weighted by molar-refractivity contribution is 0.0635. The van der Waals surface area contributed by atoms with Gasteiger partial charge < -0.3 is 14.6 Å². The van der Waals surface area contributed by atoms with Crippen LogP contribution in [0.4, 0.5) is 0 Å². The number of oxazole rings is 1. The highest BCUT2D eigenvalue weighted by molar-refractivity contribution is 5.93. The van der Waals surface area contributed by atoms with Crippen molar-refractivity contribution in [3.63, 3.8) is 0 Å². The number of hydrogen-bond donors (Lipinski definition) is 1. The highest BCUT2D eigenvalue weighted by atomic mass is 16.3. The van der Waals surface area contributed by atoms with Gasteiger partial charge in [0.1, 0.15) is 5.76 Å². The predicted octanol–water partition coefficient (Wildman–Crippen LogP) is 2.16. The van der Waals surface area contributed by atoms with Crippen molar-refractivity contribution in [1.82, 2.24) is 20.2 Å². The van der Waals surface area contributed by atoms with E-state index in [0.717, 1.165) is 38.0 Å². The fourth-order valence-electron chi connectivity index (χ4n) is 2.99. The van der Waals surface area contributed by atoms with Gasteiger partial charge in [0, 0.05) is 12.2 Å². The van der Waals surface area contributed by atoms with E-state index in [-0.39, 0.29) is 11.9 Å². The highest BCUT2D eigenvalue weighted by Gasteiger charge is 2.28. The molecule has 1 N–H and O–H groups in total. The van der Waals surface area contributed by atoms with Gasteiger partial charge in [0.15, 0.2) is 12.1 Å². The standard InChI is InChI=1S/C17H22N4O2/c1-13-16(20-12-23-13)17(22)21(11-14-5-2-3-9-19-14)15-6-4-8-18-10-7-15/h2-3,5,9,12,15,18H,4,6-8,10-11H2,1H3/t15-/m0/s1. The van der Waals surface area contributed by atoms with Gasteiger partial charge in [0.25, 0.3) is 5.91 Å². The molecule has 0 bridgehead atoms. The summed E-state index contributed by atoms with van der Waals surface area (Å²) in [5.41, 5.74) is 1.29. The van der Waals surface area contributed by atoms with Gasteiger partial charge in [-0.2, -0.15) is 0 Å². The predicted molar refractivity (Wildman–Crippen MR) is 85.9 cm³/mol. The first-order valence-electron chi connectivity index (χ1n) is 8.07. The summed E-state index contributed by atoms with van der Waals surface area (Å²) in [6, 6.07) is 5.97. The Morgan fingerprint density at radius 3 is 3.00 bits per heavy atom. The zero-order chi connectivity index (χ0) is 16.1. The molecule has 2 aromatic heterocycles. The molecule has 23 heavy (non-hydrogen) atoms. The molecule has 1 aliphatic heterocycles. The summed E-state index contributed by atoms with van der Waals surface area (Å²) in [6.07, 6.45) is 6.08. The molecule has 0 aromatic carbocycles. The Kier molecular flexibility index (Phi) is 5.02. The van der Waals surface area contributed by atoms with Crippen molar-refractivity contribution < 1.29 is 9.21 Å². The molecule has 1 aliphatic rings. The van der Waals surface area contributed by atoms with E-state index in [4.69, 9.17) is 4.42 Å². The molecule has 122 valence electrons. The van der Waals surface area contributed by atoms with Gasteiger partial charge in [-0.05, 0) is 51.4 Å². The summed E-state index contributed by atoms with van der Waals surface area (Å²) < 4.78 is 5.21. The van der Waals surface area contributed by atoms with Gasteiger partial charge >= 0.3 is 0 Å². The molecule has 1 amide bonds. The summed E-state index contributed by atoms with van der Waals surface area (Å²) >= 11 is 0. The Balaban J connectivity index is 1.86. The molecule has 2 aromatic rings. The molecule has 1 saturated heterocycles. The zero-order valence-electron chi connectivity index (χ0n) is 13.4. The molecular formula is C17H22N4O2. The minimum absolute atomic E-state index is 0.0752. The average Bonchev–Trinajstić information content (AvgIpc) is 2.84. The van der Waals surface area contributed by atoms with E-state index in [1.54, 1.807) is 13.1 Å². The smallest absolute Gasteiger partial charge is 0.276 e. The largest absolute Gasteiger partial charge is 0.448 e. The van der Waals surface area contributed by atoms with E-state index in [1.807, 2.05) is 23.1 Å². The van der Waals surface area contributed by atoms with Crippen LogP contribution >= 0.6 is 0 Å². The van der Waals surface area contributed by atoms with E-state index in [9.17, 15) is 4.79 Å². The van der Waals surface area contributed by atoms with E-state index in [2.05, 4.69) is 15.3 Å². The first-order chi connectivity index (χ1) is 11.3. The van der Waals surface area contributed by atoms with Crippen LogP contribution in [0.5, 0.6) is 0 Å². The highest BCUT2D eigenvalue weighted by Crippen LogP contribution is 2.20. The second-order valence-electron chi connectivity index (χ2n) is 5.85. The average molecular weight is 314 g/mol. The summed E-state index contributed by atoms with van der Waals surface area (Å²) in [7, 11) is 0. The van der Waals surface area contributed by atoms with E-state index in [1.165, 1.54) is 6.39 Å². The van der Waals surface area contributed by atoms with Crippen LogP contribution < -0.4 is 5.32 Å². The molecule has 3 heterocycles. The first kappa shape index (κ1) is 15.7. The van der Waals surface area contributed by atoms with Crippen molar-refractivity contribution in [2.24, 2.45) is 0 Å². The van der Waals surface area contributed by atoms with Crippen LogP contribution in [0.3, 0.4) is 0 Å². The zero-order valence-corrected chi connectivity index (χ0v) is 13.4. The summed E-state index contributed by atoms with van der Waals surface area (Å²) in [5.74, 6) is 0.488. The normalized spacial score (nSPS) is 18.4. The summed E-state index contributed by atoms with van der Waals surface area (Å²) in [5, 5.41) is 3.39. The topological polar surface area (TPSA) is 71.3 Å². The van der Waals surface area contributed by atoms with Crippen molar-refractivity contribution in [3.05, 3.63) is 47.9 Å². The summed E-state index contributed by atoms with van der Waals surface area (Å²) in [4.78, 5) is 23.4. The molecule has 0 aliphatic carbocycles. The second-order valence-corrected chi connectivity index (χ2v) is 5.85.